The van der Waals surface area contributed by atoms with E-state index in [1.807, 2.05) is 0 Å². The first kappa shape index (κ1) is 9.42. The van der Waals surface area contributed by atoms with Crippen LogP contribution in [0.3, 0.4) is 0 Å². The van der Waals surface area contributed by atoms with Gasteiger partial charge in [-0.25, -0.2) is 0 Å². The molecule has 1 aromatic carbocycles. The summed E-state index contributed by atoms with van der Waals surface area (Å²) in [7, 11) is 0. The minimum Gasteiger partial charge on any atom is -0.499 e. The molecule has 0 spiro atoms. The first-order valence-electron chi connectivity index (χ1n) is 3.65. The molecule has 0 unspecified atom stereocenters. The number of aromatic hydroxyl groups is 1. The van der Waals surface area contributed by atoms with Crippen LogP contribution < -0.4 is 0 Å². The first-order chi connectivity index (χ1) is 6.59. The Kier molecular flexibility index (Phi) is 2.16. The zero-order valence-electron chi connectivity index (χ0n) is 6.73. The smallest absolute Gasteiger partial charge is 0.284 e. The van der Waals surface area contributed by atoms with E-state index in [9.17, 15) is 15.2 Å². The van der Waals surface area contributed by atoms with Crippen molar-refractivity contribution in [2.45, 2.75) is 0 Å². The summed E-state index contributed by atoms with van der Waals surface area (Å²) >= 11 is 4.27. The summed E-state index contributed by atoms with van der Waals surface area (Å²) in [6.07, 6.45) is 0. The second kappa shape index (κ2) is 3.21. The highest BCUT2D eigenvalue weighted by molar-refractivity contribution is 9.10. The maximum Gasteiger partial charge on any atom is 0.284 e. The Hall–Kier alpha value is -1.14. The third-order valence-corrected chi connectivity index (χ3v) is 3.83. The van der Waals surface area contributed by atoms with E-state index in [0.717, 1.165) is 16.7 Å². The Balaban J connectivity index is 2.80. The van der Waals surface area contributed by atoms with Crippen LogP contribution >= 0.6 is 27.3 Å². The highest BCUT2D eigenvalue weighted by atomic mass is 79.9. The summed E-state index contributed by atoms with van der Waals surface area (Å²) in [5.74, 6) is 0. The molecule has 0 aliphatic heterocycles. The van der Waals surface area contributed by atoms with Gasteiger partial charge in [-0.3, -0.25) is 10.1 Å². The lowest BCUT2D eigenvalue weighted by molar-refractivity contribution is -0.385. The van der Waals surface area contributed by atoms with Crippen molar-refractivity contribution in [1.82, 2.24) is 0 Å². The Bertz CT molecular complexity index is 523. The minimum absolute atomic E-state index is 0.0133. The molecule has 0 atom stereocenters. The number of nitrogens with zero attached hydrogens (tertiary/aromatic N) is 1. The van der Waals surface area contributed by atoms with Gasteiger partial charge in [0, 0.05) is 6.07 Å². The number of nitro benzene ring substituents is 1. The van der Waals surface area contributed by atoms with E-state index in [0.29, 0.717) is 9.17 Å². The fraction of sp³-hybridized carbons (Fsp3) is 0. The van der Waals surface area contributed by atoms with E-state index in [-0.39, 0.29) is 10.8 Å². The predicted molar refractivity (Wildman–Crippen MR) is 57.8 cm³/mol. The lowest BCUT2D eigenvalue weighted by Crippen LogP contribution is -1.88. The molecule has 1 heterocycles. The molecule has 4 nitrogen and oxygen atoms in total. The van der Waals surface area contributed by atoms with Gasteiger partial charge >= 0.3 is 0 Å². The summed E-state index contributed by atoms with van der Waals surface area (Å²) in [6, 6.07) is 4.61. The van der Waals surface area contributed by atoms with Crippen molar-refractivity contribution in [3.63, 3.8) is 0 Å². The molecule has 0 aliphatic carbocycles. The molecule has 0 bridgehead atoms. The van der Waals surface area contributed by atoms with Crippen LogP contribution in [-0.4, -0.2) is 10.0 Å². The quantitative estimate of drug-likeness (QED) is 0.641. The van der Waals surface area contributed by atoms with Gasteiger partial charge in [-0.2, -0.15) is 0 Å². The normalized spacial score (nSPS) is 10.6. The predicted octanol–water partition coefficient (Wildman–Crippen LogP) is 3.28. The van der Waals surface area contributed by atoms with Crippen molar-refractivity contribution in [1.29, 1.82) is 0 Å². The van der Waals surface area contributed by atoms with Crippen molar-refractivity contribution in [3.05, 3.63) is 32.8 Å². The Morgan fingerprint density at radius 3 is 2.86 bits per heavy atom. The molecule has 6 heteroatoms. The van der Waals surface area contributed by atoms with Gasteiger partial charge in [0.25, 0.3) is 5.69 Å². The fourth-order valence-electron chi connectivity index (χ4n) is 1.19. The minimum atomic E-state index is -0.458. The van der Waals surface area contributed by atoms with Crippen LogP contribution in [0.5, 0.6) is 5.06 Å². The Morgan fingerprint density at radius 1 is 1.50 bits per heavy atom. The second-order valence-corrected chi connectivity index (χ2v) is 4.48. The van der Waals surface area contributed by atoms with Gasteiger partial charge < -0.3 is 5.11 Å². The monoisotopic (exact) mass is 273 g/mol. The third-order valence-electron chi connectivity index (χ3n) is 1.79. The molecular weight excluding hydrogens is 270 g/mol. The molecule has 1 aromatic heterocycles. The summed E-state index contributed by atoms with van der Waals surface area (Å²) in [5, 5.41) is 20.8. The zero-order chi connectivity index (χ0) is 10.3. The summed E-state index contributed by atoms with van der Waals surface area (Å²) in [4.78, 5) is 10.1. The van der Waals surface area contributed by atoms with Gasteiger partial charge in [0.1, 0.15) is 4.47 Å². The Morgan fingerprint density at radius 2 is 2.21 bits per heavy atom. The lowest BCUT2D eigenvalue weighted by Gasteiger charge is -1.95. The summed E-state index contributed by atoms with van der Waals surface area (Å²) in [6.45, 7) is 0. The second-order valence-electron chi connectivity index (χ2n) is 2.66. The van der Waals surface area contributed by atoms with E-state index in [2.05, 4.69) is 15.9 Å². The maximum atomic E-state index is 10.6. The molecule has 0 amide bonds. The number of fused-ring (bicyclic) bond motifs is 1. The van der Waals surface area contributed by atoms with Crippen molar-refractivity contribution in [2.75, 3.05) is 0 Å². The topological polar surface area (TPSA) is 63.4 Å². The van der Waals surface area contributed by atoms with Crippen LogP contribution in [0, 0.1) is 10.1 Å². The van der Waals surface area contributed by atoms with Crippen LogP contribution in [0.15, 0.2) is 22.7 Å². The van der Waals surface area contributed by atoms with Crippen molar-refractivity contribution < 1.29 is 10.0 Å². The van der Waals surface area contributed by atoms with Crippen molar-refractivity contribution >= 4 is 43.0 Å². The fourth-order valence-corrected chi connectivity index (χ4v) is 2.77. The average Bonchev–Trinajstić information content (AvgIpc) is 2.46. The summed E-state index contributed by atoms with van der Waals surface area (Å²) < 4.78 is 1.11. The molecule has 14 heavy (non-hydrogen) atoms. The van der Waals surface area contributed by atoms with Gasteiger partial charge in [0.05, 0.1) is 9.62 Å². The molecule has 0 aliphatic rings. The number of hydrogen-bond acceptors (Lipinski definition) is 4. The zero-order valence-corrected chi connectivity index (χ0v) is 9.13. The van der Waals surface area contributed by atoms with Gasteiger partial charge in [-0.1, -0.05) is 11.3 Å². The molecule has 0 radical (unpaired) electrons. The SMILES string of the molecule is O=[N+]([O-])c1ccc2cc(O)sc2c1Br. The van der Waals surface area contributed by atoms with Crippen molar-refractivity contribution in [3.8, 4) is 5.06 Å². The van der Waals surface area contributed by atoms with Crippen LogP contribution in [0.1, 0.15) is 0 Å². The van der Waals surface area contributed by atoms with Crippen molar-refractivity contribution in [2.24, 2.45) is 0 Å². The maximum absolute atomic E-state index is 10.6. The standard InChI is InChI=1S/C8H4BrNO3S/c9-7-5(10(12)13)2-1-4-3-6(11)14-8(4)7/h1-3,11H. The molecule has 0 saturated heterocycles. The average molecular weight is 274 g/mol. The molecule has 0 saturated carbocycles. The van der Waals surface area contributed by atoms with Crippen LogP contribution in [0.4, 0.5) is 5.69 Å². The highest BCUT2D eigenvalue weighted by Crippen LogP contribution is 2.40. The number of thiophene rings is 1. The molecular formula is C8H4BrNO3S. The number of nitro groups is 1. The van der Waals surface area contributed by atoms with Gasteiger partial charge in [-0.15, -0.1) is 0 Å². The molecule has 1 N–H and O–H groups in total. The molecule has 72 valence electrons. The number of rotatable bonds is 1. The van der Waals surface area contributed by atoms with Crippen LogP contribution in [0.2, 0.25) is 0 Å². The largest absolute Gasteiger partial charge is 0.499 e. The van der Waals surface area contributed by atoms with E-state index in [1.165, 1.54) is 6.07 Å². The number of benzene rings is 1. The molecule has 2 rings (SSSR count). The van der Waals surface area contributed by atoms with Crippen LogP contribution in [0.25, 0.3) is 10.1 Å². The number of halogens is 1. The van der Waals surface area contributed by atoms with E-state index < -0.39 is 4.92 Å². The lowest BCUT2D eigenvalue weighted by atomic mass is 10.2. The van der Waals surface area contributed by atoms with Gasteiger partial charge in [0.2, 0.25) is 0 Å². The highest BCUT2D eigenvalue weighted by Gasteiger charge is 2.16. The van der Waals surface area contributed by atoms with E-state index >= 15 is 0 Å². The Labute approximate surface area is 91.1 Å². The molecule has 0 fully saturated rings. The molecule has 2 aromatic rings. The van der Waals surface area contributed by atoms with E-state index in [4.69, 9.17) is 0 Å². The first-order valence-corrected chi connectivity index (χ1v) is 5.26. The summed E-state index contributed by atoms with van der Waals surface area (Å²) in [5.41, 5.74) is 0.0133. The number of hydrogen-bond donors (Lipinski definition) is 1. The van der Waals surface area contributed by atoms with Crippen LogP contribution in [-0.2, 0) is 0 Å². The van der Waals surface area contributed by atoms with Gasteiger partial charge in [-0.05, 0) is 33.4 Å². The third kappa shape index (κ3) is 1.36. The van der Waals surface area contributed by atoms with E-state index in [1.54, 1.807) is 12.1 Å². The van der Waals surface area contributed by atoms with Gasteiger partial charge in [0.15, 0.2) is 5.06 Å².